The standard InChI is InChI=1S/C14H21N3O4S/c1-10(2)22(19,20)17-7-3-4-12(9-17)21-11-5-6-16-13(8-11)14(15)18/h5-6,8,10,12H,3-4,7,9H2,1-2H3,(H2,15,18). The van der Waals surface area contributed by atoms with Crippen molar-refractivity contribution in [2.75, 3.05) is 13.1 Å². The molecule has 0 spiro atoms. The van der Waals surface area contributed by atoms with Gasteiger partial charge in [-0.3, -0.25) is 9.78 Å². The van der Waals surface area contributed by atoms with Crippen molar-refractivity contribution >= 4 is 15.9 Å². The molecule has 8 heteroatoms. The predicted molar refractivity (Wildman–Crippen MR) is 82.0 cm³/mol. The molecule has 0 radical (unpaired) electrons. The Morgan fingerprint density at radius 1 is 1.50 bits per heavy atom. The van der Waals surface area contributed by atoms with Crippen LogP contribution in [0.4, 0.5) is 0 Å². The quantitative estimate of drug-likeness (QED) is 0.860. The van der Waals surface area contributed by atoms with Gasteiger partial charge < -0.3 is 10.5 Å². The van der Waals surface area contributed by atoms with Gasteiger partial charge in [-0.1, -0.05) is 0 Å². The minimum atomic E-state index is -3.28. The Morgan fingerprint density at radius 2 is 2.23 bits per heavy atom. The number of nitrogens with zero attached hydrogens (tertiary/aromatic N) is 2. The molecule has 122 valence electrons. The molecule has 1 aliphatic rings. The first-order chi connectivity index (χ1) is 10.3. The zero-order chi connectivity index (χ0) is 16.3. The number of aromatic nitrogens is 1. The highest BCUT2D eigenvalue weighted by Crippen LogP contribution is 2.22. The third kappa shape index (κ3) is 3.75. The van der Waals surface area contributed by atoms with E-state index in [1.165, 1.54) is 16.6 Å². The third-order valence-electron chi connectivity index (χ3n) is 3.58. The number of carbonyl (C=O) groups is 1. The summed E-state index contributed by atoms with van der Waals surface area (Å²) in [4.78, 5) is 15.0. The Bertz CT molecular complexity index is 645. The summed E-state index contributed by atoms with van der Waals surface area (Å²) in [6.07, 6.45) is 2.70. The topological polar surface area (TPSA) is 103 Å². The molecular weight excluding hydrogens is 306 g/mol. The SMILES string of the molecule is CC(C)S(=O)(=O)N1CCCC(Oc2ccnc(C(N)=O)c2)C1. The number of primary amides is 1. The van der Waals surface area contributed by atoms with E-state index in [0.29, 0.717) is 18.8 Å². The molecule has 1 fully saturated rings. The second-order valence-electron chi connectivity index (χ2n) is 5.57. The van der Waals surface area contributed by atoms with Gasteiger partial charge in [0.05, 0.1) is 11.8 Å². The second kappa shape index (κ2) is 6.62. The lowest BCUT2D eigenvalue weighted by molar-refractivity contribution is 0.0993. The molecule has 2 rings (SSSR count). The molecule has 0 aromatic carbocycles. The molecule has 1 amide bonds. The maximum absolute atomic E-state index is 12.2. The van der Waals surface area contributed by atoms with Crippen LogP contribution >= 0.6 is 0 Å². The van der Waals surface area contributed by atoms with E-state index >= 15 is 0 Å². The van der Waals surface area contributed by atoms with E-state index in [4.69, 9.17) is 10.5 Å². The average Bonchev–Trinajstić information content (AvgIpc) is 2.47. The number of piperidine rings is 1. The molecule has 0 aliphatic carbocycles. The van der Waals surface area contributed by atoms with E-state index in [1.807, 2.05) is 0 Å². The van der Waals surface area contributed by atoms with E-state index in [2.05, 4.69) is 4.98 Å². The van der Waals surface area contributed by atoms with Crippen LogP contribution in [0.3, 0.4) is 0 Å². The summed E-state index contributed by atoms with van der Waals surface area (Å²) >= 11 is 0. The highest BCUT2D eigenvalue weighted by atomic mass is 32.2. The summed E-state index contributed by atoms with van der Waals surface area (Å²) in [6.45, 7) is 4.17. The predicted octanol–water partition coefficient (Wildman–Crippen LogP) is 0.762. The molecule has 2 N–H and O–H groups in total. The molecule has 0 saturated carbocycles. The van der Waals surface area contributed by atoms with E-state index in [1.54, 1.807) is 19.9 Å². The van der Waals surface area contributed by atoms with Gasteiger partial charge in [0.1, 0.15) is 17.5 Å². The lowest BCUT2D eigenvalue weighted by Crippen LogP contribution is -2.46. The van der Waals surface area contributed by atoms with E-state index in [0.717, 1.165) is 12.8 Å². The molecule has 1 saturated heterocycles. The molecule has 1 aliphatic heterocycles. The normalized spacial score (nSPS) is 20.0. The van der Waals surface area contributed by atoms with Crippen molar-refractivity contribution in [3.63, 3.8) is 0 Å². The molecule has 0 bridgehead atoms. The van der Waals surface area contributed by atoms with Crippen LogP contribution in [0.2, 0.25) is 0 Å². The molecule has 2 heterocycles. The average molecular weight is 327 g/mol. The van der Waals surface area contributed by atoms with E-state index in [9.17, 15) is 13.2 Å². The second-order valence-corrected chi connectivity index (χ2v) is 8.06. The minimum Gasteiger partial charge on any atom is -0.489 e. The smallest absolute Gasteiger partial charge is 0.267 e. The van der Waals surface area contributed by atoms with Crippen molar-refractivity contribution in [1.82, 2.24) is 9.29 Å². The van der Waals surface area contributed by atoms with Crippen molar-refractivity contribution in [3.8, 4) is 5.75 Å². The Balaban J connectivity index is 2.08. The Morgan fingerprint density at radius 3 is 2.86 bits per heavy atom. The van der Waals surface area contributed by atoms with Gasteiger partial charge in [-0.15, -0.1) is 0 Å². The summed E-state index contributed by atoms with van der Waals surface area (Å²) in [6, 6.07) is 3.10. The van der Waals surface area contributed by atoms with Crippen molar-refractivity contribution in [3.05, 3.63) is 24.0 Å². The van der Waals surface area contributed by atoms with Crippen molar-refractivity contribution < 1.29 is 17.9 Å². The number of pyridine rings is 1. The fraction of sp³-hybridized carbons (Fsp3) is 0.571. The molecule has 7 nitrogen and oxygen atoms in total. The van der Waals surface area contributed by atoms with Crippen LogP contribution in [0.25, 0.3) is 0 Å². The third-order valence-corrected chi connectivity index (χ3v) is 5.83. The van der Waals surface area contributed by atoms with Crippen molar-refractivity contribution in [2.24, 2.45) is 5.73 Å². The molecular formula is C14H21N3O4S. The molecule has 1 atom stereocenters. The van der Waals surface area contributed by atoms with Gasteiger partial charge in [0.15, 0.2) is 0 Å². The number of ether oxygens (including phenoxy) is 1. The number of hydrogen-bond acceptors (Lipinski definition) is 5. The summed E-state index contributed by atoms with van der Waals surface area (Å²) in [5, 5.41) is -0.450. The van der Waals surface area contributed by atoms with Crippen LogP contribution in [0.1, 0.15) is 37.2 Å². The number of nitrogens with two attached hydrogens (primary N) is 1. The van der Waals surface area contributed by atoms with Crippen LogP contribution in [-0.4, -0.2) is 48.1 Å². The summed E-state index contributed by atoms with van der Waals surface area (Å²) in [7, 11) is -3.28. The van der Waals surface area contributed by atoms with Crippen molar-refractivity contribution in [2.45, 2.75) is 38.0 Å². The zero-order valence-corrected chi connectivity index (χ0v) is 13.5. The van der Waals surface area contributed by atoms with Gasteiger partial charge in [-0.25, -0.2) is 8.42 Å². The van der Waals surface area contributed by atoms with Crippen molar-refractivity contribution in [1.29, 1.82) is 0 Å². The van der Waals surface area contributed by atoms with Crippen LogP contribution in [0, 0.1) is 0 Å². The molecule has 22 heavy (non-hydrogen) atoms. The van der Waals surface area contributed by atoms with Gasteiger partial charge in [-0.2, -0.15) is 4.31 Å². The summed E-state index contributed by atoms with van der Waals surface area (Å²) in [5.41, 5.74) is 5.31. The van der Waals surface area contributed by atoms with Gasteiger partial charge in [0, 0.05) is 18.8 Å². The monoisotopic (exact) mass is 327 g/mol. The van der Waals surface area contributed by atoms with Crippen LogP contribution < -0.4 is 10.5 Å². The van der Waals surface area contributed by atoms with Crippen LogP contribution in [0.5, 0.6) is 5.75 Å². The van der Waals surface area contributed by atoms with E-state index < -0.39 is 21.2 Å². The zero-order valence-electron chi connectivity index (χ0n) is 12.7. The van der Waals surface area contributed by atoms with Gasteiger partial charge in [0.2, 0.25) is 10.0 Å². The molecule has 1 aromatic rings. The van der Waals surface area contributed by atoms with Crippen LogP contribution in [0.15, 0.2) is 18.3 Å². The fourth-order valence-electron chi connectivity index (χ4n) is 2.34. The van der Waals surface area contributed by atoms with Gasteiger partial charge in [0.25, 0.3) is 5.91 Å². The van der Waals surface area contributed by atoms with Crippen LogP contribution in [-0.2, 0) is 10.0 Å². The number of rotatable bonds is 5. The van der Waals surface area contributed by atoms with E-state index in [-0.39, 0.29) is 11.8 Å². The maximum Gasteiger partial charge on any atom is 0.267 e. The summed E-state index contributed by atoms with van der Waals surface area (Å²) < 4.78 is 31.7. The maximum atomic E-state index is 12.2. The highest BCUT2D eigenvalue weighted by molar-refractivity contribution is 7.89. The molecule has 1 aromatic heterocycles. The molecule has 1 unspecified atom stereocenters. The summed E-state index contributed by atoms with van der Waals surface area (Å²) in [5.74, 6) is -0.157. The lowest BCUT2D eigenvalue weighted by Gasteiger charge is -2.33. The Labute approximate surface area is 130 Å². The number of sulfonamides is 1. The lowest BCUT2D eigenvalue weighted by atomic mass is 10.1. The Hall–Kier alpha value is -1.67. The first-order valence-corrected chi connectivity index (χ1v) is 8.72. The number of hydrogen-bond donors (Lipinski definition) is 1. The number of amides is 1. The largest absolute Gasteiger partial charge is 0.489 e. The van der Waals surface area contributed by atoms with Gasteiger partial charge >= 0.3 is 0 Å². The highest BCUT2D eigenvalue weighted by Gasteiger charge is 2.31. The first kappa shape index (κ1) is 16.7. The Kier molecular flexibility index (Phi) is 5.02. The minimum absolute atomic E-state index is 0.125. The number of carbonyl (C=O) groups excluding carboxylic acids is 1. The fourth-order valence-corrected chi connectivity index (χ4v) is 3.70. The first-order valence-electron chi connectivity index (χ1n) is 7.22. The van der Waals surface area contributed by atoms with Gasteiger partial charge in [-0.05, 0) is 32.8 Å².